The summed E-state index contributed by atoms with van der Waals surface area (Å²) in [5.41, 5.74) is 0.350. The molecule has 1 atom stereocenters. The van der Waals surface area contributed by atoms with Crippen LogP contribution < -0.4 is 10.0 Å². The van der Waals surface area contributed by atoms with Crippen molar-refractivity contribution in [3.8, 4) is 0 Å². The summed E-state index contributed by atoms with van der Waals surface area (Å²) in [6.07, 6.45) is 0. The summed E-state index contributed by atoms with van der Waals surface area (Å²) in [6.45, 7) is 4.93. The van der Waals surface area contributed by atoms with Gasteiger partial charge in [0.15, 0.2) is 0 Å². The van der Waals surface area contributed by atoms with Crippen LogP contribution in [0.4, 0.5) is 0 Å². The number of rotatable bonds is 7. The molecule has 0 aliphatic heterocycles. The number of carbonyl (C=O) groups excluding carboxylic acids is 1. The van der Waals surface area contributed by atoms with E-state index in [-0.39, 0.29) is 16.8 Å². The SMILES string of the molecule is CCN[C@H](C)CNS(=O)(=O)c1cccc(C(=O)N(C)C)c1. The molecule has 0 spiro atoms. The summed E-state index contributed by atoms with van der Waals surface area (Å²) in [5, 5.41) is 3.13. The molecule has 0 heterocycles. The maximum absolute atomic E-state index is 12.2. The average Bonchev–Trinajstić information content (AvgIpc) is 2.45. The minimum atomic E-state index is -3.62. The number of nitrogens with zero attached hydrogens (tertiary/aromatic N) is 1. The second-order valence-corrected chi connectivity index (χ2v) is 6.80. The molecule has 0 saturated carbocycles. The first-order valence-electron chi connectivity index (χ1n) is 6.82. The van der Waals surface area contributed by atoms with E-state index >= 15 is 0 Å². The first-order valence-corrected chi connectivity index (χ1v) is 8.31. The zero-order valence-electron chi connectivity index (χ0n) is 12.9. The Morgan fingerprint density at radius 2 is 2.00 bits per heavy atom. The van der Waals surface area contributed by atoms with Crippen LogP contribution in [0.15, 0.2) is 29.2 Å². The molecule has 1 rings (SSSR count). The number of sulfonamides is 1. The molecule has 1 amide bonds. The summed E-state index contributed by atoms with van der Waals surface area (Å²) in [5.74, 6) is -0.229. The Morgan fingerprint density at radius 1 is 1.33 bits per heavy atom. The first kappa shape index (κ1) is 17.6. The van der Waals surface area contributed by atoms with Crippen LogP contribution in [0.1, 0.15) is 24.2 Å². The summed E-state index contributed by atoms with van der Waals surface area (Å²) in [6, 6.07) is 6.08. The molecule has 0 aromatic heterocycles. The van der Waals surface area contributed by atoms with Crippen molar-refractivity contribution in [3.05, 3.63) is 29.8 Å². The number of nitrogens with one attached hydrogen (secondary N) is 2. The van der Waals surface area contributed by atoms with Gasteiger partial charge in [0, 0.05) is 32.2 Å². The lowest BCUT2D eigenvalue weighted by Gasteiger charge is -2.14. The third kappa shape index (κ3) is 5.11. The minimum absolute atomic E-state index is 0.0383. The van der Waals surface area contributed by atoms with Gasteiger partial charge in [0.25, 0.3) is 5.91 Å². The second kappa shape index (κ2) is 7.53. The largest absolute Gasteiger partial charge is 0.345 e. The molecule has 2 N–H and O–H groups in total. The van der Waals surface area contributed by atoms with E-state index in [9.17, 15) is 13.2 Å². The highest BCUT2D eigenvalue weighted by Gasteiger charge is 2.17. The number of likely N-dealkylation sites (N-methyl/N-ethyl adjacent to an activating group) is 1. The van der Waals surface area contributed by atoms with Crippen LogP contribution in [0.2, 0.25) is 0 Å². The summed E-state index contributed by atoms with van der Waals surface area (Å²) in [4.78, 5) is 13.4. The molecular formula is C14H23N3O3S. The van der Waals surface area contributed by atoms with Crippen molar-refractivity contribution in [1.82, 2.24) is 14.9 Å². The van der Waals surface area contributed by atoms with E-state index in [0.29, 0.717) is 12.1 Å². The number of amides is 1. The number of benzene rings is 1. The molecule has 1 aromatic carbocycles. The maximum Gasteiger partial charge on any atom is 0.253 e. The van der Waals surface area contributed by atoms with Crippen molar-refractivity contribution in [2.24, 2.45) is 0 Å². The predicted octanol–water partition coefficient (Wildman–Crippen LogP) is 0.665. The van der Waals surface area contributed by atoms with Gasteiger partial charge in [-0.15, -0.1) is 0 Å². The maximum atomic E-state index is 12.2. The second-order valence-electron chi connectivity index (χ2n) is 5.04. The third-order valence-corrected chi connectivity index (χ3v) is 4.35. The molecule has 21 heavy (non-hydrogen) atoms. The van der Waals surface area contributed by atoms with E-state index in [2.05, 4.69) is 10.0 Å². The highest BCUT2D eigenvalue weighted by atomic mass is 32.2. The monoisotopic (exact) mass is 313 g/mol. The fourth-order valence-corrected chi connectivity index (χ4v) is 2.97. The quantitative estimate of drug-likeness (QED) is 0.775. The molecule has 0 radical (unpaired) electrons. The Labute approximate surface area is 126 Å². The van der Waals surface area contributed by atoms with Crippen LogP contribution in [-0.2, 0) is 10.0 Å². The fraction of sp³-hybridized carbons (Fsp3) is 0.500. The molecule has 0 unspecified atom stereocenters. The van der Waals surface area contributed by atoms with E-state index in [1.807, 2.05) is 13.8 Å². The lowest BCUT2D eigenvalue weighted by Crippen LogP contribution is -2.38. The molecular weight excluding hydrogens is 290 g/mol. The van der Waals surface area contributed by atoms with Crippen LogP contribution in [0, 0.1) is 0 Å². The lowest BCUT2D eigenvalue weighted by atomic mass is 10.2. The molecule has 0 saturated heterocycles. The number of hydrogen-bond donors (Lipinski definition) is 2. The van der Waals surface area contributed by atoms with Gasteiger partial charge in [0.2, 0.25) is 10.0 Å². The number of hydrogen-bond acceptors (Lipinski definition) is 4. The van der Waals surface area contributed by atoms with E-state index in [1.54, 1.807) is 26.2 Å². The molecule has 0 aliphatic rings. The summed E-state index contributed by atoms with van der Waals surface area (Å²) in [7, 11) is -0.366. The van der Waals surface area contributed by atoms with Crippen molar-refractivity contribution in [1.29, 1.82) is 0 Å². The van der Waals surface area contributed by atoms with Gasteiger partial charge in [0.1, 0.15) is 0 Å². The Bertz CT molecular complexity index is 585. The van der Waals surface area contributed by atoms with Crippen LogP contribution >= 0.6 is 0 Å². The Morgan fingerprint density at radius 3 is 2.57 bits per heavy atom. The Hall–Kier alpha value is -1.44. The van der Waals surface area contributed by atoms with Gasteiger partial charge in [-0.1, -0.05) is 13.0 Å². The topological polar surface area (TPSA) is 78.5 Å². The number of carbonyl (C=O) groups is 1. The van der Waals surface area contributed by atoms with E-state index in [1.165, 1.54) is 17.0 Å². The molecule has 1 aromatic rings. The zero-order valence-corrected chi connectivity index (χ0v) is 13.7. The van der Waals surface area contributed by atoms with Crippen LogP contribution in [0.5, 0.6) is 0 Å². The third-order valence-electron chi connectivity index (χ3n) is 2.93. The smallest absolute Gasteiger partial charge is 0.253 e. The summed E-state index contributed by atoms with van der Waals surface area (Å²) >= 11 is 0. The van der Waals surface area contributed by atoms with Crippen molar-refractivity contribution in [2.75, 3.05) is 27.2 Å². The van der Waals surface area contributed by atoms with Gasteiger partial charge in [0.05, 0.1) is 4.90 Å². The van der Waals surface area contributed by atoms with Crippen LogP contribution in [0.3, 0.4) is 0 Å². The molecule has 0 bridgehead atoms. The predicted molar refractivity (Wildman–Crippen MR) is 82.8 cm³/mol. The first-order chi connectivity index (χ1) is 9.77. The Balaban J connectivity index is 2.89. The Kier molecular flexibility index (Phi) is 6.32. The average molecular weight is 313 g/mol. The lowest BCUT2D eigenvalue weighted by molar-refractivity contribution is 0.0827. The normalized spacial score (nSPS) is 13.0. The fourth-order valence-electron chi connectivity index (χ4n) is 1.79. The van der Waals surface area contributed by atoms with E-state index in [0.717, 1.165) is 6.54 Å². The van der Waals surface area contributed by atoms with E-state index in [4.69, 9.17) is 0 Å². The van der Waals surface area contributed by atoms with Gasteiger partial charge < -0.3 is 10.2 Å². The summed E-state index contributed by atoms with van der Waals surface area (Å²) < 4.78 is 27.0. The molecule has 0 aliphatic carbocycles. The zero-order chi connectivity index (χ0) is 16.0. The van der Waals surface area contributed by atoms with Crippen LogP contribution in [-0.4, -0.2) is 52.5 Å². The van der Waals surface area contributed by atoms with Gasteiger partial charge in [-0.05, 0) is 31.7 Å². The van der Waals surface area contributed by atoms with Crippen molar-refractivity contribution >= 4 is 15.9 Å². The van der Waals surface area contributed by atoms with E-state index < -0.39 is 10.0 Å². The molecule has 6 nitrogen and oxygen atoms in total. The van der Waals surface area contributed by atoms with Crippen molar-refractivity contribution < 1.29 is 13.2 Å². The minimum Gasteiger partial charge on any atom is -0.345 e. The van der Waals surface area contributed by atoms with Crippen LogP contribution in [0.25, 0.3) is 0 Å². The van der Waals surface area contributed by atoms with Gasteiger partial charge in [-0.2, -0.15) is 0 Å². The van der Waals surface area contributed by atoms with Gasteiger partial charge >= 0.3 is 0 Å². The van der Waals surface area contributed by atoms with Gasteiger partial charge in [-0.25, -0.2) is 13.1 Å². The highest BCUT2D eigenvalue weighted by molar-refractivity contribution is 7.89. The molecule has 118 valence electrons. The molecule has 7 heteroatoms. The highest BCUT2D eigenvalue weighted by Crippen LogP contribution is 2.12. The standard InChI is InChI=1S/C14H23N3O3S/c1-5-15-11(2)10-16-21(19,20)13-8-6-7-12(9-13)14(18)17(3)4/h6-9,11,15-16H,5,10H2,1-4H3/t11-/m1/s1. The molecule has 0 fully saturated rings. The van der Waals surface area contributed by atoms with Crippen molar-refractivity contribution in [3.63, 3.8) is 0 Å². The van der Waals surface area contributed by atoms with Gasteiger partial charge in [-0.3, -0.25) is 4.79 Å². The van der Waals surface area contributed by atoms with Crippen molar-refractivity contribution in [2.45, 2.75) is 24.8 Å².